The monoisotopic (exact) mass is 425 g/mol. The van der Waals surface area contributed by atoms with Crippen molar-refractivity contribution in [2.24, 2.45) is 5.92 Å². The van der Waals surface area contributed by atoms with Crippen molar-refractivity contribution in [2.75, 3.05) is 18.2 Å². The normalized spacial score (nSPS) is 11.5. The first-order chi connectivity index (χ1) is 14.0. The van der Waals surface area contributed by atoms with Crippen molar-refractivity contribution < 1.29 is 9.53 Å². The third-order valence-corrected chi connectivity index (χ3v) is 6.32. The first-order valence-corrected chi connectivity index (χ1v) is 11.0. The van der Waals surface area contributed by atoms with Gasteiger partial charge in [0.1, 0.15) is 5.75 Å². The summed E-state index contributed by atoms with van der Waals surface area (Å²) in [7, 11) is 1.63. The summed E-state index contributed by atoms with van der Waals surface area (Å²) in [5.74, 6) is 2.09. The van der Waals surface area contributed by atoms with Crippen molar-refractivity contribution in [3.05, 3.63) is 65.7 Å². The molecule has 29 heavy (non-hydrogen) atoms. The van der Waals surface area contributed by atoms with Crippen molar-refractivity contribution in [3.8, 4) is 5.75 Å². The van der Waals surface area contributed by atoms with Crippen molar-refractivity contribution in [2.45, 2.75) is 18.2 Å². The molecule has 1 aromatic heterocycles. The smallest absolute Gasteiger partial charge is 0.258 e. The molecule has 1 amide bonds. The molecule has 5 nitrogen and oxygen atoms in total. The number of rotatable bonds is 8. The van der Waals surface area contributed by atoms with E-state index in [-0.39, 0.29) is 5.91 Å². The number of aromatic nitrogens is 2. The van der Waals surface area contributed by atoms with Crippen LogP contribution in [0.3, 0.4) is 0 Å². The van der Waals surface area contributed by atoms with Crippen LogP contribution in [0.25, 0.3) is 11.6 Å². The molecule has 0 aliphatic carbocycles. The highest BCUT2D eigenvalue weighted by Gasteiger charge is 2.15. The van der Waals surface area contributed by atoms with Gasteiger partial charge in [-0.25, -0.2) is 0 Å². The summed E-state index contributed by atoms with van der Waals surface area (Å²) >= 11 is 3.05. The number of benzene rings is 2. The summed E-state index contributed by atoms with van der Waals surface area (Å²) in [4.78, 5) is 13.0. The maximum atomic E-state index is 13.0. The van der Waals surface area contributed by atoms with Gasteiger partial charge in [0.05, 0.1) is 7.11 Å². The predicted molar refractivity (Wildman–Crippen MR) is 121 cm³/mol. The van der Waals surface area contributed by atoms with Gasteiger partial charge in [-0.2, -0.15) is 0 Å². The molecule has 3 aromatic rings. The van der Waals surface area contributed by atoms with Crippen LogP contribution in [0.2, 0.25) is 0 Å². The average molecular weight is 426 g/mol. The number of thioether (sulfide) groups is 1. The Hall–Kier alpha value is -2.64. The molecule has 0 unspecified atom stereocenters. The predicted octanol–water partition coefficient (Wildman–Crippen LogP) is 5.47. The third kappa shape index (κ3) is 6.17. The van der Waals surface area contributed by atoms with E-state index in [4.69, 9.17) is 4.74 Å². The zero-order chi connectivity index (χ0) is 20.6. The first-order valence-electron chi connectivity index (χ1n) is 9.24. The molecular formula is C22H23N3O2S2. The quantitative estimate of drug-likeness (QED) is 0.224. The number of carbonyl (C=O) groups excluding carboxylic acids is 1. The molecule has 3 rings (SSSR count). The second-order valence-corrected chi connectivity index (χ2v) is 8.97. The van der Waals surface area contributed by atoms with Gasteiger partial charge in [0, 0.05) is 11.3 Å². The molecule has 0 aliphatic heterocycles. The number of nitrogens with one attached hydrogen (secondary N) is 1. The van der Waals surface area contributed by atoms with Gasteiger partial charge in [0.25, 0.3) is 5.91 Å². The van der Waals surface area contributed by atoms with Gasteiger partial charge >= 0.3 is 0 Å². The van der Waals surface area contributed by atoms with E-state index < -0.39 is 0 Å². The molecule has 0 fully saturated rings. The fourth-order valence-corrected chi connectivity index (χ4v) is 4.21. The molecule has 150 valence electrons. The Morgan fingerprint density at radius 2 is 1.86 bits per heavy atom. The third-order valence-electron chi connectivity index (χ3n) is 3.92. The minimum atomic E-state index is -0.219. The van der Waals surface area contributed by atoms with Crippen LogP contribution in [-0.4, -0.2) is 29.0 Å². The van der Waals surface area contributed by atoms with Crippen LogP contribution in [0.4, 0.5) is 5.13 Å². The van der Waals surface area contributed by atoms with E-state index in [1.165, 1.54) is 11.3 Å². The zero-order valence-electron chi connectivity index (χ0n) is 16.6. The Balaban J connectivity index is 1.82. The fourth-order valence-electron chi connectivity index (χ4n) is 2.49. The van der Waals surface area contributed by atoms with E-state index in [0.717, 1.165) is 27.0 Å². The van der Waals surface area contributed by atoms with Crippen LogP contribution in [0, 0.1) is 5.92 Å². The van der Waals surface area contributed by atoms with Gasteiger partial charge in [0.2, 0.25) is 5.13 Å². The number of nitrogens with zero attached hydrogens (tertiary/aromatic N) is 2. The molecule has 0 saturated heterocycles. The lowest BCUT2D eigenvalue weighted by Gasteiger charge is -2.08. The van der Waals surface area contributed by atoms with Crippen LogP contribution >= 0.6 is 23.1 Å². The van der Waals surface area contributed by atoms with Crippen LogP contribution in [0.5, 0.6) is 5.75 Å². The van der Waals surface area contributed by atoms with Gasteiger partial charge < -0.3 is 4.74 Å². The van der Waals surface area contributed by atoms with E-state index in [0.29, 0.717) is 16.6 Å². The summed E-state index contributed by atoms with van der Waals surface area (Å²) in [6.45, 7) is 4.32. The number of methoxy groups -OCH3 is 1. The lowest BCUT2D eigenvalue weighted by atomic mass is 10.0. The highest BCUT2D eigenvalue weighted by molar-refractivity contribution is 8.01. The highest BCUT2D eigenvalue weighted by Crippen LogP contribution is 2.28. The number of amides is 1. The maximum Gasteiger partial charge on any atom is 0.258 e. The number of anilines is 1. The molecule has 1 heterocycles. The summed E-state index contributed by atoms with van der Waals surface area (Å²) in [5.41, 5.74) is 2.30. The van der Waals surface area contributed by atoms with E-state index >= 15 is 0 Å². The SMILES string of the molecule is COc1ccc(/C=C(/C(=O)Nc2nnc(SCC(C)C)s2)c2ccccc2)cc1. The van der Waals surface area contributed by atoms with Gasteiger partial charge in [-0.15, -0.1) is 10.2 Å². The van der Waals surface area contributed by atoms with Crippen LogP contribution < -0.4 is 10.1 Å². The van der Waals surface area contributed by atoms with E-state index in [1.807, 2.05) is 60.7 Å². The first kappa shape index (κ1) is 21.1. The summed E-state index contributed by atoms with van der Waals surface area (Å²) in [6, 6.07) is 17.2. The maximum absolute atomic E-state index is 13.0. The molecule has 0 spiro atoms. The van der Waals surface area contributed by atoms with Crippen molar-refractivity contribution in [1.82, 2.24) is 10.2 Å². The topological polar surface area (TPSA) is 64.1 Å². The van der Waals surface area contributed by atoms with Gasteiger partial charge in [-0.1, -0.05) is 79.4 Å². The molecule has 2 aromatic carbocycles. The molecule has 0 aliphatic rings. The van der Waals surface area contributed by atoms with Gasteiger partial charge in [-0.3, -0.25) is 10.1 Å². The minimum absolute atomic E-state index is 0.219. The molecule has 0 bridgehead atoms. The average Bonchev–Trinajstić information content (AvgIpc) is 3.18. The summed E-state index contributed by atoms with van der Waals surface area (Å²) in [5, 5.41) is 11.7. The number of ether oxygens (including phenoxy) is 1. The summed E-state index contributed by atoms with van der Waals surface area (Å²) in [6.07, 6.45) is 1.86. The lowest BCUT2D eigenvalue weighted by molar-refractivity contribution is -0.111. The molecule has 0 saturated carbocycles. The lowest BCUT2D eigenvalue weighted by Crippen LogP contribution is -2.13. The van der Waals surface area contributed by atoms with E-state index in [9.17, 15) is 4.79 Å². The van der Waals surface area contributed by atoms with Gasteiger partial charge in [0.15, 0.2) is 4.34 Å². The van der Waals surface area contributed by atoms with Gasteiger partial charge in [-0.05, 0) is 35.3 Å². The van der Waals surface area contributed by atoms with E-state index in [1.54, 1.807) is 18.9 Å². The zero-order valence-corrected chi connectivity index (χ0v) is 18.2. The van der Waals surface area contributed by atoms with Crippen LogP contribution in [0.1, 0.15) is 25.0 Å². The number of hydrogen-bond acceptors (Lipinski definition) is 6. The second kappa shape index (κ2) is 10.2. The van der Waals surface area contributed by atoms with E-state index in [2.05, 4.69) is 29.4 Å². The van der Waals surface area contributed by atoms with Crippen molar-refractivity contribution in [1.29, 1.82) is 0 Å². The molecule has 0 atom stereocenters. The molecular weight excluding hydrogens is 402 g/mol. The van der Waals surface area contributed by atoms with Crippen LogP contribution in [0.15, 0.2) is 58.9 Å². The Morgan fingerprint density at radius 1 is 1.14 bits per heavy atom. The fraction of sp³-hybridized carbons (Fsp3) is 0.227. The standard InChI is InChI=1S/C22H23N3O2S2/c1-15(2)14-28-22-25-24-21(29-22)23-20(26)19(17-7-5-4-6-8-17)13-16-9-11-18(27-3)12-10-16/h4-13,15H,14H2,1-3H3,(H,23,24,26)/b19-13+. The molecule has 7 heteroatoms. The van der Waals surface area contributed by atoms with Crippen LogP contribution in [-0.2, 0) is 4.79 Å². The number of carbonyl (C=O) groups is 1. The summed E-state index contributed by atoms with van der Waals surface area (Å²) < 4.78 is 6.06. The Bertz CT molecular complexity index is 967. The number of hydrogen-bond donors (Lipinski definition) is 1. The molecule has 0 radical (unpaired) electrons. The Labute approximate surface area is 179 Å². The van der Waals surface area contributed by atoms with Crippen molar-refractivity contribution in [3.63, 3.8) is 0 Å². The Kier molecular flexibility index (Phi) is 7.43. The minimum Gasteiger partial charge on any atom is -0.497 e. The largest absolute Gasteiger partial charge is 0.497 e. The highest BCUT2D eigenvalue weighted by atomic mass is 32.2. The molecule has 1 N–H and O–H groups in total. The van der Waals surface area contributed by atoms with Crippen molar-refractivity contribution >= 4 is 45.8 Å². The second-order valence-electron chi connectivity index (χ2n) is 6.73. The Morgan fingerprint density at radius 3 is 2.52 bits per heavy atom.